The van der Waals surface area contributed by atoms with Crippen molar-refractivity contribution in [3.8, 4) is 5.75 Å². The molecule has 0 amide bonds. The van der Waals surface area contributed by atoms with Gasteiger partial charge in [0.25, 0.3) is 0 Å². The monoisotopic (exact) mass is 411 g/mol. The van der Waals surface area contributed by atoms with Gasteiger partial charge in [-0.15, -0.1) is 24.0 Å². The van der Waals surface area contributed by atoms with E-state index in [2.05, 4.69) is 4.99 Å². The molecular weight excluding hydrogens is 393 g/mol. The van der Waals surface area contributed by atoms with Gasteiger partial charge in [-0.3, -0.25) is 0 Å². The second-order valence-corrected chi connectivity index (χ2v) is 4.58. The van der Waals surface area contributed by atoms with E-state index in [4.69, 9.17) is 26.8 Å². The first-order chi connectivity index (χ1) is 9.25. The number of ether oxygens (including phenoxy) is 2. The van der Waals surface area contributed by atoms with Gasteiger partial charge in [-0.25, -0.2) is 4.99 Å². The van der Waals surface area contributed by atoms with Gasteiger partial charge in [0.15, 0.2) is 5.96 Å². The zero-order chi connectivity index (χ0) is 13.5. The molecule has 1 aliphatic rings. The molecule has 0 spiro atoms. The van der Waals surface area contributed by atoms with E-state index in [1.165, 1.54) is 0 Å². The van der Waals surface area contributed by atoms with Gasteiger partial charge < -0.3 is 20.1 Å². The van der Waals surface area contributed by atoms with Crippen molar-refractivity contribution >= 4 is 41.5 Å². The standard InChI is InChI=1S/C13H18ClN3O2.HI/c14-11-2-1-3-12(10-11)19-7-4-16-13(15)17-5-8-18-9-6-17;/h1-3,10H,4-9H2,(H2,15,16);1H. The highest BCUT2D eigenvalue weighted by molar-refractivity contribution is 14.0. The van der Waals surface area contributed by atoms with E-state index in [0.717, 1.165) is 18.8 Å². The lowest BCUT2D eigenvalue weighted by atomic mass is 10.3. The van der Waals surface area contributed by atoms with E-state index in [1.807, 2.05) is 23.1 Å². The Morgan fingerprint density at radius 2 is 2.15 bits per heavy atom. The quantitative estimate of drug-likeness (QED) is 0.356. The van der Waals surface area contributed by atoms with Crippen molar-refractivity contribution in [2.45, 2.75) is 0 Å². The number of rotatable bonds is 4. The predicted molar refractivity (Wildman–Crippen MR) is 91.2 cm³/mol. The molecule has 1 fully saturated rings. The molecule has 5 nitrogen and oxygen atoms in total. The summed E-state index contributed by atoms with van der Waals surface area (Å²) in [6.45, 7) is 4.00. The summed E-state index contributed by atoms with van der Waals surface area (Å²) in [5, 5.41) is 0.661. The van der Waals surface area contributed by atoms with Crippen LogP contribution in [-0.2, 0) is 4.74 Å². The number of benzene rings is 1. The molecule has 0 atom stereocenters. The normalized spacial score (nSPS) is 15.7. The zero-order valence-corrected chi connectivity index (χ0v) is 14.2. The Morgan fingerprint density at radius 1 is 1.40 bits per heavy atom. The van der Waals surface area contributed by atoms with Crippen LogP contribution in [0.15, 0.2) is 29.3 Å². The molecular formula is C13H19ClIN3O2. The summed E-state index contributed by atoms with van der Waals surface area (Å²) in [4.78, 5) is 6.31. The summed E-state index contributed by atoms with van der Waals surface area (Å²) >= 11 is 5.86. The summed E-state index contributed by atoms with van der Waals surface area (Å²) in [6, 6.07) is 7.30. The fraction of sp³-hybridized carbons (Fsp3) is 0.462. The van der Waals surface area contributed by atoms with E-state index in [9.17, 15) is 0 Å². The number of hydrogen-bond acceptors (Lipinski definition) is 3. The Bertz CT molecular complexity index is 439. The second-order valence-electron chi connectivity index (χ2n) is 4.15. The van der Waals surface area contributed by atoms with Gasteiger partial charge in [0.2, 0.25) is 0 Å². The highest BCUT2D eigenvalue weighted by Gasteiger charge is 2.11. The second kappa shape index (κ2) is 9.25. The van der Waals surface area contributed by atoms with Crippen LogP contribution in [0.25, 0.3) is 0 Å². The lowest BCUT2D eigenvalue weighted by Gasteiger charge is -2.27. The number of morpholine rings is 1. The van der Waals surface area contributed by atoms with Gasteiger partial charge in [-0.2, -0.15) is 0 Å². The van der Waals surface area contributed by atoms with Crippen LogP contribution in [-0.4, -0.2) is 50.3 Å². The fourth-order valence-corrected chi connectivity index (χ4v) is 1.95. The summed E-state index contributed by atoms with van der Waals surface area (Å²) < 4.78 is 10.8. The Morgan fingerprint density at radius 3 is 2.85 bits per heavy atom. The molecule has 2 rings (SSSR count). The Balaban J connectivity index is 0.00000200. The molecule has 7 heteroatoms. The number of nitrogens with zero attached hydrogens (tertiary/aromatic N) is 2. The van der Waals surface area contributed by atoms with Gasteiger partial charge in [0.1, 0.15) is 12.4 Å². The largest absolute Gasteiger partial charge is 0.492 e. The van der Waals surface area contributed by atoms with Crippen molar-refractivity contribution < 1.29 is 9.47 Å². The molecule has 0 aromatic heterocycles. The van der Waals surface area contributed by atoms with Crippen LogP contribution in [0.2, 0.25) is 5.02 Å². The van der Waals surface area contributed by atoms with E-state index in [-0.39, 0.29) is 24.0 Å². The maximum Gasteiger partial charge on any atom is 0.191 e. The maximum absolute atomic E-state index is 5.90. The third-order valence-corrected chi connectivity index (χ3v) is 3.00. The summed E-state index contributed by atoms with van der Waals surface area (Å²) in [7, 11) is 0. The van der Waals surface area contributed by atoms with Crippen molar-refractivity contribution in [2.24, 2.45) is 10.7 Å². The number of aliphatic imine (C=N–C) groups is 1. The lowest BCUT2D eigenvalue weighted by Crippen LogP contribution is -2.45. The molecule has 0 saturated carbocycles. The van der Waals surface area contributed by atoms with E-state index in [0.29, 0.717) is 37.3 Å². The minimum atomic E-state index is 0. The first-order valence-corrected chi connectivity index (χ1v) is 6.64. The Hall–Kier alpha value is -0.730. The minimum Gasteiger partial charge on any atom is -0.492 e. The van der Waals surface area contributed by atoms with E-state index >= 15 is 0 Å². The summed E-state index contributed by atoms with van der Waals surface area (Å²) in [5.74, 6) is 1.30. The van der Waals surface area contributed by atoms with E-state index in [1.54, 1.807) is 6.07 Å². The van der Waals surface area contributed by atoms with Crippen LogP contribution >= 0.6 is 35.6 Å². The summed E-state index contributed by atoms with van der Waals surface area (Å²) in [6.07, 6.45) is 0. The van der Waals surface area contributed by atoms with Crippen molar-refractivity contribution in [1.29, 1.82) is 0 Å². The molecule has 1 aromatic rings. The number of nitrogens with two attached hydrogens (primary N) is 1. The molecule has 0 bridgehead atoms. The lowest BCUT2D eigenvalue weighted by molar-refractivity contribution is 0.0674. The first-order valence-electron chi connectivity index (χ1n) is 6.27. The molecule has 2 N–H and O–H groups in total. The van der Waals surface area contributed by atoms with Gasteiger partial charge in [0, 0.05) is 18.1 Å². The third kappa shape index (κ3) is 5.72. The molecule has 0 unspecified atom stereocenters. The van der Waals surface area contributed by atoms with E-state index < -0.39 is 0 Å². The molecule has 1 heterocycles. The average molecular weight is 412 g/mol. The molecule has 112 valence electrons. The smallest absolute Gasteiger partial charge is 0.191 e. The van der Waals surface area contributed by atoms with Gasteiger partial charge in [-0.05, 0) is 18.2 Å². The van der Waals surface area contributed by atoms with Gasteiger partial charge >= 0.3 is 0 Å². The zero-order valence-electron chi connectivity index (χ0n) is 11.1. The van der Waals surface area contributed by atoms with Gasteiger partial charge in [-0.1, -0.05) is 17.7 Å². The SMILES string of the molecule is I.NC(=NCCOc1cccc(Cl)c1)N1CCOCC1. The summed E-state index contributed by atoms with van der Waals surface area (Å²) in [5.41, 5.74) is 5.90. The minimum absolute atomic E-state index is 0. The molecule has 1 aromatic carbocycles. The molecule has 0 radical (unpaired) electrons. The van der Waals surface area contributed by atoms with Gasteiger partial charge in [0.05, 0.1) is 19.8 Å². The number of halogens is 2. The molecule has 1 saturated heterocycles. The van der Waals surface area contributed by atoms with Crippen LogP contribution in [0.3, 0.4) is 0 Å². The third-order valence-electron chi connectivity index (χ3n) is 2.76. The van der Waals surface area contributed by atoms with Crippen molar-refractivity contribution in [3.63, 3.8) is 0 Å². The van der Waals surface area contributed by atoms with Crippen LogP contribution in [0.5, 0.6) is 5.75 Å². The molecule has 1 aliphatic heterocycles. The van der Waals surface area contributed by atoms with Crippen molar-refractivity contribution in [1.82, 2.24) is 4.90 Å². The van der Waals surface area contributed by atoms with Crippen molar-refractivity contribution in [3.05, 3.63) is 29.3 Å². The number of hydrogen-bond donors (Lipinski definition) is 1. The Labute approximate surface area is 141 Å². The highest BCUT2D eigenvalue weighted by Crippen LogP contribution is 2.16. The maximum atomic E-state index is 5.90. The number of guanidine groups is 1. The first kappa shape index (κ1) is 17.3. The predicted octanol–water partition coefficient (Wildman–Crippen LogP) is 1.98. The van der Waals surface area contributed by atoms with Crippen molar-refractivity contribution in [2.75, 3.05) is 39.5 Å². The topological polar surface area (TPSA) is 60.1 Å². The molecule has 20 heavy (non-hydrogen) atoms. The Kier molecular flexibility index (Phi) is 8.01. The van der Waals surface area contributed by atoms with Crippen LogP contribution < -0.4 is 10.5 Å². The highest BCUT2D eigenvalue weighted by atomic mass is 127. The average Bonchev–Trinajstić information content (AvgIpc) is 2.44. The van der Waals surface area contributed by atoms with Crippen LogP contribution in [0, 0.1) is 0 Å². The molecule has 0 aliphatic carbocycles. The van der Waals surface area contributed by atoms with Crippen LogP contribution in [0.1, 0.15) is 0 Å². The van der Waals surface area contributed by atoms with Crippen LogP contribution in [0.4, 0.5) is 0 Å². The fourth-order valence-electron chi connectivity index (χ4n) is 1.77.